The second kappa shape index (κ2) is 12.5. The normalized spacial score (nSPS) is 11.3. The summed E-state index contributed by atoms with van der Waals surface area (Å²) >= 11 is 0. The largest absolute Gasteiger partial charge is 0.465 e. The van der Waals surface area contributed by atoms with Crippen molar-refractivity contribution in [1.29, 1.82) is 0 Å². The number of ether oxygens (including phenoxy) is 2. The third-order valence-corrected chi connectivity index (χ3v) is 5.17. The predicted octanol–water partition coefficient (Wildman–Crippen LogP) is 6.00. The SMILES string of the molecule is CCCCCCCCCOC(=O)C(CC)(CC)C(=O)Oc1cccc(C)c1. The number of rotatable bonds is 13. The van der Waals surface area contributed by atoms with Gasteiger partial charge < -0.3 is 9.47 Å². The molecule has 0 aliphatic heterocycles. The summed E-state index contributed by atoms with van der Waals surface area (Å²) in [5, 5.41) is 0. The van der Waals surface area contributed by atoms with Gasteiger partial charge in [-0.25, -0.2) is 0 Å². The van der Waals surface area contributed by atoms with E-state index < -0.39 is 17.4 Å². The molecule has 0 N–H and O–H groups in total. The van der Waals surface area contributed by atoms with Gasteiger partial charge in [-0.1, -0.05) is 71.4 Å². The molecule has 4 nitrogen and oxygen atoms in total. The van der Waals surface area contributed by atoms with E-state index in [0.29, 0.717) is 25.2 Å². The van der Waals surface area contributed by atoms with Crippen LogP contribution >= 0.6 is 0 Å². The van der Waals surface area contributed by atoms with Crippen LogP contribution in [-0.4, -0.2) is 18.5 Å². The van der Waals surface area contributed by atoms with Gasteiger partial charge in [0.2, 0.25) is 0 Å². The molecule has 1 aromatic carbocycles. The van der Waals surface area contributed by atoms with Gasteiger partial charge in [0.1, 0.15) is 5.75 Å². The number of carbonyl (C=O) groups is 2. The molecule has 0 saturated heterocycles. The number of aryl methyl sites for hydroxylation is 1. The summed E-state index contributed by atoms with van der Waals surface area (Å²) < 4.78 is 11.0. The van der Waals surface area contributed by atoms with Crippen LogP contribution in [0.2, 0.25) is 0 Å². The minimum atomic E-state index is -1.23. The van der Waals surface area contributed by atoms with E-state index in [2.05, 4.69) is 6.92 Å². The standard InChI is InChI=1S/C23H36O4/c1-5-8-9-10-11-12-13-17-26-21(24)23(6-2,7-3)22(25)27-20-16-14-15-19(4)18-20/h14-16,18H,5-13,17H2,1-4H3. The summed E-state index contributed by atoms with van der Waals surface area (Å²) in [5.74, 6) is -0.523. The molecule has 0 spiro atoms. The van der Waals surface area contributed by atoms with Crippen molar-refractivity contribution in [3.8, 4) is 5.75 Å². The maximum Gasteiger partial charge on any atom is 0.328 e. The highest BCUT2D eigenvalue weighted by atomic mass is 16.6. The van der Waals surface area contributed by atoms with Crippen LogP contribution < -0.4 is 4.74 Å². The predicted molar refractivity (Wildman–Crippen MR) is 109 cm³/mol. The van der Waals surface area contributed by atoms with E-state index in [4.69, 9.17) is 9.47 Å². The lowest BCUT2D eigenvalue weighted by molar-refractivity contribution is -0.168. The Labute approximate surface area is 164 Å². The topological polar surface area (TPSA) is 52.6 Å². The smallest absolute Gasteiger partial charge is 0.328 e. The van der Waals surface area contributed by atoms with Crippen molar-refractivity contribution in [1.82, 2.24) is 0 Å². The van der Waals surface area contributed by atoms with Crippen molar-refractivity contribution in [3.63, 3.8) is 0 Å². The summed E-state index contributed by atoms with van der Waals surface area (Å²) in [6.07, 6.45) is 8.83. The fourth-order valence-electron chi connectivity index (χ4n) is 3.16. The van der Waals surface area contributed by atoms with Crippen LogP contribution in [0.1, 0.15) is 84.1 Å². The molecule has 0 fully saturated rings. The van der Waals surface area contributed by atoms with Crippen LogP contribution in [0.15, 0.2) is 24.3 Å². The van der Waals surface area contributed by atoms with Gasteiger partial charge in [0.05, 0.1) is 6.61 Å². The Morgan fingerprint density at radius 3 is 2.11 bits per heavy atom. The summed E-state index contributed by atoms with van der Waals surface area (Å²) in [6, 6.07) is 7.28. The first-order valence-electron chi connectivity index (χ1n) is 10.5. The highest BCUT2D eigenvalue weighted by Crippen LogP contribution is 2.31. The zero-order valence-corrected chi connectivity index (χ0v) is 17.5. The van der Waals surface area contributed by atoms with E-state index in [1.165, 1.54) is 32.1 Å². The van der Waals surface area contributed by atoms with E-state index in [1.807, 2.05) is 32.9 Å². The molecule has 0 heterocycles. The van der Waals surface area contributed by atoms with Gasteiger partial charge in [-0.2, -0.15) is 0 Å². The van der Waals surface area contributed by atoms with Gasteiger partial charge in [-0.05, 0) is 43.9 Å². The number of benzene rings is 1. The Kier molecular flexibility index (Phi) is 10.8. The molecule has 4 heteroatoms. The van der Waals surface area contributed by atoms with Gasteiger partial charge in [0.15, 0.2) is 5.41 Å². The van der Waals surface area contributed by atoms with Gasteiger partial charge in [0.25, 0.3) is 0 Å². The van der Waals surface area contributed by atoms with Gasteiger partial charge in [-0.15, -0.1) is 0 Å². The van der Waals surface area contributed by atoms with E-state index in [-0.39, 0.29) is 0 Å². The zero-order valence-electron chi connectivity index (χ0n) is 17.5. The molecule has 0 amide bonds. The summed E-state index contributed by atoms with van der Waals surface area (Å²) in [4.78, 5) is 25.4. The summed E-state index contributed by atoms with van der Waals surface area (Å²) in [6.45, 7) is 8.16. The zero-order chi connectivity index (χ0) is 20.1. The number of esters is 2. The molecule has 152 valence electrons. The fraction of sp³-hybridized carbons (Fsp3) is 0.652. The highest BCUT2D eigenvalue weighted by Gasteiger charge is 2.46. The van der Waals surface area contributed by atoms with Crippen molar-refractivity contribution in [2.24, 2.45) is 5.41 Å². The Balaban J connectivity index is 2.53. The van der Waals surface area contributed by atoms with Crippen molar-refractivity contribution < 1.29 is 19.1 Å². The van der Waals surface area contributed by atoms with Gasteiger partial charge in [0, 0.05) is 0 Å². The lowest BCUT2D eigenvalue weighted by Gasteiger charge is -2.26. The average molecular weight is 377 g/mol. The number of carbonyl (C=O) groups excluding carboxylic acids is 2. The molecule has 0 radical (unpaired) electrons. The Bertz CT molecular complexity index is 575. The first-order valence-corrected chi connectivity index (χ1v) is 10.5. The lowest BCUT2D eigenvalue weighted by atomic mass is 9.82. The van der Waals surface area contributed by atoms with Crippen LogP contribution in [0, 0.1) is 12.3 Å². The number of hydrogen-bond donors (Lipinski definition) is 0. The van der Waals surface area contributed by atoms with E-state index in [0.717, 1.165) is 18.4 Å². The first kappa shape index (κ1) is 23.2. The lowest BCUT2D eigenvalue weighted by Crippen LogP contribution is -2.42. The number of unbranched alkanes of at least 4 members (excludes halogenated alkanes) is 6. The number of hydrogen-bond acceptors (Lipinski definition) is 4. The van der Waals surface area contributed by atoms with Gasteiger partial charge >= 0.3 is 11.9 Å². The van der Waals surface area contributed by atoms with Crippen molar-refractivity contribution in [2.45, 2.75) is 85.5 Å². The third-order valence-electron chi connectivity index (χ3n) is 5.17. The van der Waals surface area contributed by atoms with Crippen LogP contribution in [0.4, 0.5) is 0 Å². The second-order valence-electron chi connectivity index (χ2n) is 7.25. The molecule has 1 aromatic rings. The molecule has 0 aromatic heterocycles. The Morgan fingerprint density at radius 2 is 1.52 bits per heavy atom. The Morgan fingerprint density at radius 1 is 0.889 bits per heavy atom. The summed E-state index contributed by atoms with van der Waals surface area (Å²) in [5.41, 5.74) is -0.231. The second-order valence-corrected chi connectivity index (χ2v) is 7.25. The molecule has 0 saturated carbocycles. The quantitative estimate of drug-likeness (QED) is 0.183. The molecule has 0 unspecified atom stereocenters. The van der Waals surface area contributed by atoms with Crippen molar-refractivity contribution >= 4 is 11.9 Å². The minimum absolute atomic E-state index is 0.365. The van der Waals surface area contributed by atoms with E-state index in [1.54, 1.807) is 12.1 Å². The van der Waals surface area contributed by atoms with Crippen molar-refractivity contribution in [2.75, 3.05) is 6.61 Å². The molecule has 0 bridgehead atoms. The molecule has 0 aliphatic rings. The molecular weight excluding hydrogens is 340 g/mol. The highest BCUT2D eigenvalue weighted by molar-refractivity contribution is 6.00. The van der Waals surface area contributed by atoms with E-state index in [9.17, 15) is 9.59 Å². The van der Waals surface area contributed by atoms with Crippen LogP contribution in [0.25, 0.3) is 0 Å². The Hall–Kier alpha value is -1.84. The van der Waals surface area contributed by atoms with Crippen LogP contribution in [-0.2, 0) is 14.3 Å². The monoisotopic (exact) mass is 376 g/mol. The summed E-state index contributed by atoms with van der Waals surface area (Å²) in [7, 11) is 0. The fourth-order valence-corrected chi connectivity index (χ4v) is 3.16. The van der Waals surface area contributed by atoms with Crippen LogP contribution in [0.3, 0.4) is 0 Å². The van der Waals surface area contributed by atoms with Crippen molar-refractivity contribution in [3.05, 3.63) is 29.8 Å². The first-order chi connectivity index (χ1) is 13.0. The van der Waals surface area contributed by atoms with Crippen LogP contribution in [0.5, 0.6) is 5.75 Å². The van der Waals surface area contributed by atoms with Gasteiger partial charge in [-0.3, -0.25) is 9.59 Å². The molecule has 0 aliphatic carbocycles. The minimum Gasteiger partial charge on any atom is -0.465 e. The molecular formula is C23H36O4. The molecule has 27 heavy (non-hydrogen) atoms. The average Bonchev–Trinajstić information content (AvgIpc) is 2.65. The maximum absolute atomic E-state index is 12.8. The molecule has 1 rings (SSSR count). The maximum atomic E-state index is 12.8. The molecule has 0 atom stereocenters. The third kappa shape index (κ3) is 7.36. The van der Waals surface area contributed by atoms with E-state index >= 15 is 0 Å².